The molecule has 0 radical (unpaired) electrons. The fourth-order valence-electron chi connectivity index (χ4n) is 3.53. The average Bonchev–Trinajstić information content (AvgIpc) is 2.96. The lowest BCUT2D eigenvalue weighted by Crippen LogP contribution is -2.67. The smallest absolute Gasteiger partial charge is 0.325 e. The first kappa shape index (κ1) is 39.7. The Bertz CT molecular complexity index is 1090. The fourth-order valence-corrected chi connectivity index (χ4v) is 3.53. The zero-order chi connectivity index (χ0) is 34.4. The molecule has 0 aromatic heterocycles. The minimum atomic E-state index is -1.17. The summed E-state index contributed by atoms with van der Waals surface area (Å²) in [7, 11) is 5.01. The molecular formula is C26H46N8O10. The predicted molar refractivity (Wildman–Crippen MR) is 155 cm³/mol. The van der Waals surface area contributed by atoms with E-state index in [4.69, 9.17) is 11.5 Å². The number of amides is 6. The van der Waals surface area contributed by atoms with E-state index in [-0.39, 0.29) is 13.1 Å². The van der Waals surface area contributed by atoms with Gasteiger partial charge in [-0.1, -0.05) is 0 Å². The molecule has 0 spiro atoms. The van der Waals surface area contributed by atoms with Gasteiger partial charge in [0.25, 0.3) is 0 Å². The molecule has 0 aliphatic heterocycles. The molecule has 0 heterocycles. The third kappa shape index (κ3) is 12.1. The maximum absolute atomic E-state index is 13.4. The first-order valence-corrected chi connectivity index (χ1v) is 13.4. The van der Waals surface area contributed by atoms with Crippen LogP contribution in [0.3, 0.4) is 0 Å². The van der Waals surface area contributed by atoms with Crippen molar-refractivity contribution in [2.24, 2.45) is 11.5 Å². The summed E-state index contributed by atoms with van der Waals surface area (Å²) in [6.07, 6.45) is 0. The topological polar surface area (TPSA) is 244 Å². The molecule has 0 saturated heterocycles. The van der Waals surface area contributed by atoms with Gasteiger partial charge in [0.2, 0.25) is 35.4 Å². The molecule has 0 bridgehead atoms. The molecule has 18 nitrogen and oxygen atoms in total. The number of nitrogens with two attached hydrogens (primary N) is 2. The Hall–Kier alpha value is -4.32. The van der Waals surface area contributed by atoms with Crippen LogP contribution in [0, 0.1) is 0 Å². The number of hydrogen-bond donors (Lipinski definition) is 4. The van der Waals surface area contributed by atoms with Crippen molar-refractivity contribution in [3.63, 3.8) is 0 Å². The molecule has 0 aromatic rings. The quantitative estimate of drug-likeness (QED) is 0.111. The van der Waals surface area contributed by atoms with Gasteiger partial charge >= 0.3 is 11.9 Å². The highest BCUT2D eigenvalue weighted by Gasteiger charge is 2.44. The Morgan fingerprint density at radius 2 is 1.14 bits per heavy atom. The van der Waals surface area contributed by atoms with Crippen LogP contribution in [-0.2, 0) is 47.8 Å². The van der Waals surface area contributed by atoms with Crippen LogP contribution in [0.1, 0.15) is 27.7 Å². The molecular weight excluding hydrogens is 584 g/mol. The third-order valence-electron chi connectivity index (χ3n) is 7.25. The molecule has 6 amide bonds. The summed E-state index contributed by atoms with van der Waals surface area (Å²) >= 11 is 0. The lowest BCUT2D eigenvalue weighted by atomic mass is 9.81. The van der Waals surface area contributed by atoms with Crippen LogP contribution in [0.4, 0.5) is 0 Å². The molecule has 0 fully saturated rings. The molecule has 0 aliphatic carbocycles. The van der Waals surface area contributed by atoms with Crippen LogP contribution in [0.15, 0.2) is 0 Å². The molecule has 0 atom stereocenters. The van der Waals surface area contributed by atoms with Gasteiger partial charge in [0.15, 0.2) is 0 Å². The van der Waals surface area contributed by atoms with Crippen LogP contribution in [0.5, 0.6) is 0 Å². The molecule has 0 unspecified atom stereocenters. The van der Waals surface area contributed by atoms with E-state index in [1.807, 2.05) is 0 Å². The Labute approximate surface area is 256 Å². The van der Waals surface area contributed by atoms with Crippen molar-refractivity contribution in [2.45, 2.75) is 38.8 Å². The summed E-state index contributed by atoms with van der Waals surface area (Å²) in [5.74, 6) is -5.48. The van der Waals surface area contributed by atoms with Crippen molar-refractivity contribution in [2.75, 3.05) is 80.7 Å². The second-order valence-corrected chi connectivity index (χ2v) is 10.8. The molecule has 44 heavy (non-hydrogen) atoms. The second-order valence-electron chi connectivity index (χ2n) is 10.8. The highest BCUT2D eigenvalue weighted by atomic mass is 16.5. The number of rotatable bonds is 17. The van der Waals surface area contributed by atoms with E-state index in [9.17, 15) is 38.4 Å². The van der Waals surface area contributed by atoms with Gasteiger partial charge in [-0.05, 0) is 27.7 Å². The summed E-state index contributed by atoms with van der Waals surface area (Å²) < 4.78 is 9.23. The van der Waals surface area contributed by atoms with Gasteiger partial charge in [0, 0.05) is 14.1 Å². The van der Waals surface area contributed by atoms with Crippen molar-refractivity contribution < 1.29 is 47.8 Å². The van der Waals surface area contributed by atoms with E-state index in [2.05, 4.69) is 20.1 Å². The number of hydrogen-bond acceptors (Lipinski definition) is 12. The third-order valence-corrected chi connectivity index (χ3v) is 7.25. The standard InChI is InChI=1S/C26H46N8O10/c1-25(2,30-18(36)12-33(15-23(41)43-7)20(38)11-29-17(35)9-27)26(3,4)32(6)21(39)14-34(16-24(42)44-8)22(40)13-31(5)19(37)10-28/h9-16,27-28H2,1-8H3,(H,29,35)(H,30,36). The summed E-state index contributed by atoms with van der Waals surface area (Å²) in [4.78, 5) is 103. The minimum Gasteiger partial charge on any atom is -0.468 e. The highest BCUT2D eigenvalue weighted by molar-refractivity contribution is 5.92. The van der Waals surface area contributed by atoms with Crippen LogP contribution in [-0.4, -0.2) is 159 Å². The molecule has 250 valence electrons. The lowest BCUT2D eigenvalue weighted by Gasteiger charge is -2.48. The molecule has 0 aromatic carbocycles. The van der Waals surface area contributed by atoms with Crippen molar-refractivity contribution in [3.8, 4) is 0 Å². The Kier molecular flexibility index (Phi) is 16.0. The van der Waals surface area contributed by atoms with Crippen LogP contribution in [0.25, 0.3) is 0 Å². The van der Waals surface area contributed by atoms with Crippen LogP contribution >= 0.6 is 0 Å². The molecule has 6 N–H and O–H groups in total. The SMILES string of the molecule is COC(=O)CN(CC(=O)NC(C)(C)C(C)(C)N(C)C(=O)CN(CC(=O)OC)C(=O)CN(C)C(=O)CN)C(=O)CNC(=O)CN. The second kappa shape index (κ2) is 17.7. The van der Waals surface area contributed by atoms with Gasteiger partial charge in [-0.3, -0.25) is 38.4 Å². The number of esters is 2. The van der Waals surface area contributed by atoms with Gasteiger partial charge in [-0.25, -0.2) is 0 Å². The van der Waals surface area contributed by atoms with Crippen molar-refractivity contribution >= 4 is 47.4 Å². The van der Waals surface area contributed by atoms with E-state index < -0.39 is 97.7 Å². The number of nitrogens with one attached hydrogen (secondary N) is 2. The average molecular weight is 631 g/mol. The van der Waals surface area contributed by atoms with Gasteiger partial charge in [0.1, 0.15) is 26.2 Å². The number of methoxy groups -OCH3 is 2. The van der Waals surface area contributed by atoms with Crippen molar-refractivity contribution in [1.29, 1.82) is 0 Å². The largest absolute Gasteiger partial charge is 0.468 e. The molecule has 0 saturated carbocycles. The van der Waals surface area contributed by atoms with Gasteiger partial charge < -0.3 is 51.2 Å². The molecule has 18 heteroatoms. The van der Waals surface area contributed by atoms with E-state index in [1.165, 1.54) is 19.0 Å². The van der Waals surface area contributed by atoms with Crippen molar-refractivity contribution in [3.05, 3.63) is 0 Å². The normalized spacial score (nSPS) is 11.0. The van der Waals surface area contributed by atoms with Gasteiger partial charge in [0.05, 0.1) is 51.5 Å². The zero-order valence-electron chi connectivity index (χ0n) is 26.7. The first-order chi connectivity index (χ1) is 20.3. The molecule has 0 rings (SSSR count). The minimum absolute atomic E-state index is 0.336. The van der Waals surface area contributed by atoms with E-state index >= 15 is 0 Å². The lowest BCUT2D eigenvalue weighted by molar-refractivity contribution is -0.152. The number of nitrogens with zero attached hydrogens (tertiary/aromatic N) is 4. The number of ether oxygens (including phenoxy) is 2. The monoisotopic (exact) mass is 630 g/mol. The highest BCUT2D eigenvalue weighted by Crippen LogP contribution is 2.27. The summed E-state index contributed by atoms with van der Waals surface area (Å²) in [5, 5.41) is 5.02. The van der Waals surface area contributed by atoms with Gasteiger partial charge in [-0.2, -0.15) is 0 Å². The maximum atomic E-state index is 13.4. The zero-order valence-corrected chi connectivity index (χ0v) is 26.7. The Morgan fingerprint density at radius 1 is 0.636 bits per heavy atom. The maximum Gasteiger partial charge on any atom is 0.325 e. The van der Waals surface area contributed by atoms with Crippen LogP contribution < -0.4 is 22.1 Å². The fraction of sp³-hybridized carbons (Fsp3) is 0.692. The first-order valence-electron chi connectivity index (χ1n) is 13.4. The van der Waals surface area contributed by atoms with E-state index in [0.29, 0.717) is 0 Å². The van der Waals surface area contributed by atoms with E-state index in [1.54, 1.807) is 27.7 Å². The predicted octanol–water partition coefficient (Wildman–Crippen LogP) is -4.39. The van der Waals surface area contributed by atoms with Crippen molar-refractivity contribution in [1.82, 2.24) is 30.2 Å². The summed E-state index contributed by atoms with van der Waals surface area (Å²) in [6, 6.07) is 0. The summed E-state index contributed by atoms with van der Waals surface area (Å²) in [5.41, 5.74) is 8.23. The Morgan fingerprint density at radius 3 is 1.59 bits per heavy atom. The van der Waals surface area contributed by atoms with Gasteiger partial charge in [-0.15, -0.1) is 0 Å². The number of likely N-dealkylation sites (N-methyl/N-ethyl adjacent to an activating group) is 2. The summed E-state index contributed by atoms with van der Waals surface area (Å²) in [6.45, 7) is 2.61. The Balaban J connectivity index is 5.79. The number of carbonyl (C=O) groups excluding carboxylic acids is 8. The van der Waals surface area contributed by atoms with E-state index in [0.717, 1.165) is 28.9 Å². The van der Waals surface area contributed by atoms with Crippen LogP contribution in [0.2, 0.25) is 0 Å². The molecule has 0 aliphatic rings. The number of carbonyl (C=O) groups is 8.